The molecule has 54 valence electrons. The predicted octanol–water partition coefficient (Wildman–Crippen LogP) is -0.672. The van der Waals surface area contributed by atoms with Crippen molar-refractivity contribution in [1.29, 1.82) is 0 Å². The summed E-state index contributed by atoms with van der Waals surface area (Å²) < 4.78 is 0. The van der Waals surface area contributed by atoms with E-state index >= 15 is 0 Å². The van der Waals surface area contributed by atoms with Gasteiger partial charge in [-0.05, 0) is 0 Å². The van der Waals surface area contributed by atoms with E-state index in [0.29, 0.717) is 0 Å². The summed E-state index contributed by atoms with van der Waals surface area (Å²) in [5, 5.41) is 0. The Morgan fingerprint density at radius 2 is 2.50 bits per heavy atom. The normalized spacial score (nSPS) is 25.2. The van der Waals surface area contributed by atoms with Gasteiger partial charge in [-0.25, -0.2) is 0 Å². The highest BCUT2D eigenvalue weighted by Gasteiger charge is 2.14. The number of carbonyl (C=O) groups excluding carboxylic acids is 1. The van der Waals surface area contributed by atoms with Gasteiger partial charge in [0.15, 0.2) is 0 Å². The predicted molar refractivity (Wildman–Crippen MR) is 38.4 cm³/mol. The quantitative estimate of drug-likeness (QED) is 0.483. The fourth-order valence-electron chi connectivity index (χ4n) is 0.653. The average Bonchev–Trinajstić information content (AvgIpc) is 2.04. The molecule has 0 bridgehead atoms. The molecule has 1 aliphatic heterocycles. The largest absolute Gasteiger partial charge is 0.319 e. The van der Waals surface area contributed by atoms with E-state index in [0.717, 1.165) is 0 Å². The third-order valence-corrected chi connectivity index (χ3v) is 1.26. The maximum atomic E-state index is 11.0. The van der Waals surface area contributed by atoms with Crippen LogP contribution in [0, 0.1) is 0 Å². The third-order valence-electron chi connectivity index (χ3n) is 1.26. The molecule has 0 spiro atoms. The molecule has 10 heavy (non-hydrogen) atoms. The molecule has 0 aromatic carbocycles. The van der Waals surface area contributed by atoms with E-state index in [4.69, 9.17) is 5.73 Å². The van der Waals surface area contributed by atoms with Crippen molar-refractivity contribution < 1.29 is 4.79 Å². The van der Waals surface area contributed by atoms with E-state index in [9.17, 15) is 4.79 Å². The second kappa shape index (κ2) is 2.62. The van der Waals surface area contributed by atoms with Crippen LogP contribution in [0.3, 0.4) is 0 Å². The van der Waals surface area contributed by atoms with Gasteiger partial charge in [0, 0.05) is 25.7 Å². The fraction of sp³-hybridized carbons (Fsp3) is 0.333. The van der Waals surface area contributed by atoms with Gasteiger partial charge in [0.2, 0.25) is 5.91 Å². The number of rotatable bonds is 0. The molecule has 0 aliphatic carbocycles. The summed E-state index contributed by atoms with van der Waals surface area (Å²) in [6.45, 7) is 0. The Hall–Kier alpha value is -1.16. The van der Waals surface area contributed by atoms with Gasteiger partial charge in [-0.15, -0.1) is 0 Å². The van der Waals surface area contributed by atoms with Crippen LogP contribution < -0.4 is 5.73 Å². The first-order valence-corrected chi connectivity index (χ1v) is 2.94. The van der Waals surface area contributed by atoms with Crippen LogP contribution >= 0.6 is 0 Å². The minimum Gasteiger partial charge on any atom is -0.319 e. The summed E-state index contributed by atoms with van der Waals surface area (Å²) in [4.78, 5) is 16.2. The van der Waals surface area contributed by atoms with Crippen molar-refractivity contribution >= 4 is 12.1 Å². The maximum Gasteiger partial charge on any atom is 0.248 e. The third kappa shape index (κ3) is 1.22. The molecule has 1 atom stereocenters. The minimum atomic E-state index is -0.597. The molecular formula is C6H9N3O. The highest BCUT2D eigenvalue weighted by Crippen LogP contribution is 1.94. The first-order chi connectivity index (χ1) is 4.72. The number of nitrogens with two attached hydrogens (primary N) is 1. The summed E-state index contributed by atoms with van der Waals surface area (Å²) in [5.41, 5.74) is 5.39. The lowest BCUT2D eigenvalue weighted by atomic mass is 10.3. The number of hydrogen-bond donors (Lipinski definition) is 1. The molecule has 0 saturated heterocycles. The molecule has 1 amide bonds. The summed E-state index contributed by atoms with van der Waals surface area (Å²) in [5.74, 6) is -0.141. The second-order valence-electron chi connectivity index (χ2n) is 2.07. The van der Waals surface area contributed by atoms with E-state index in [1.54, 1.807) is 13.2 Å². The standard InChI is InChI=1S/C6H9N3O/c1-9-3-2-8-4-5(7)6(9)10/h2-5H,7H2,1H3. The highest BCUT2D eigenvalue weighted by atomic mass is 16.2. The molecule has 0 fully saturated rings. The van der Waals surface area contributed by atoms with Gasteiger partial charge in [-0.1, -0.05) is 0 Å². The van der Waals surface area contributed by atoms with Gasteiger partial charge < -0.3 is 10.6 Å². The molecule has 0 aromatic rings. The number of amides is 1. The minimum absolute atomic E-state index is 0.141. The van der Waals surface area contributed by atoms with Crippen molar-refractivity contribution in [2.75, 3.05) is 7.05 Å². The van der Waals surface area contributed by atoms with Crippen molar-refractivity contribution in [3.05, 3.63) is 12.4 Å². The van der Waals surface area contributed by atoms with Gasteiger partial charge in [0.1, 0.15) is 6.04 Å². The second-order valence-corrected chi connectivity index (χ2v) is 2.07. The molecule has 0 aromatic heterocycles. The van der Waals surface area contributed by atoms with Crippen LogP contribution in [0.2, 0.25) is 0 Å². The van der Waals surface area contributed by atoms with Crippen molar-refractivity contribution in [2.24, 2.45) is 10.7 Å². The molecule has 4 heteroatoms. The van der Waals surface area contributed by atoms with Crippen LogP contribution in [0.15, 0.2) is 17.4 Å². The van der Waals surface area contributed by atoms with Crippen LogP contribution in [0.1, 0.15) is 0 Å². The Labute approximate surface area is 59.0 Å². The fourth-order valence-corrected chi connectivity index (χ4v) is 0.653. The lowest BCUT2D eigenvalue weighted by Crippen LogP contribution is -2.39. The molecular weight excluding hydrogens is 130 g/mol. The van der Waals surface area contributed by atoms with Crippen molar-refractivity contribution in [3.8, 4) is 0 Å². The van der Waals surface area contributed by atoms with Crippen LogP contribution in [-0.2, 0) is 4.79 Å². The molecule has 1 aliphatic rings. The smallest absolute Gasteiger partial charge is 0.248 e. The van der Waals surface area contributed by atoms with E-state index in [-0.39, 0.29) is 5.91 Å². The molecule has 0 radical (unpaired) electrons. The van der Waals surface area contributed by atoms with Crippen LogP contribution in [0.5, 0.6) is 0 Å². The van der Waals surface area contributed by atoms with Crippen molar-refractivity contribution in [2.45, 2.75) is 6.04 Å². The zero-order chi connectivity index (χ0) is 7.56. The van der Waals surface area contributed by atoms with Gasteiger partial charge in [-0.2, -0.15) is 0 Å². The summed E-state index contributed by atoms with van der Waals surface area (Å²) in [7, 11) is 1.65. The summed E-state index contributed by atoms with van der Waals surface area (Å²) in [6, 6.07) is -0.597. The summed E-state index contributed by atoms with van der Waals surface area (Å²) in [6.07, 6.45) is 4.53. The maximum absolute atomic E-state index is 11.0. The van der Waals surface area contributed by atoms with Gasteiger partial charge in [-0.3, -0.25) is 9.79 Å². The van der Waals surface area contributed by atoms with Crippen molar-refractivity contribution in [3.63, 3.8) is 0 Å². The Kier molecular flexibility index (Phi) is 1.82. The zero-order valence-corrected chi connectivity index (χ0v) is 5.69. The first-order valence-electron chi connectivity index (χ1n) is 2.94. The number of aliphatic imine (C=N–C) groups is 1. The number of nitrogens with zero attached hydrogens (tertiary/aromatic N) is 2. The van der Waals surface area contributed by atoms with E-state index in [1.165, 1.54) is 17.3 Å². The van der Waals surface area contributed by atoms with Gasteiger partial charge in [0.25, 0.3) is 0 Å². The van der Waals surface area contributed by atoms with Gasteiger partial charge in [0.05, 0.1) is 0 Å². The number of likely N-dealkylation sites (N-methyl/N-ethyl adjacent to an activating group) is 1. The number of hydrogen-bond acceptors (Lipinski definition) is 3. The molecule has 1 rings (SSSR count). The first kappa shape index (κ1) is 6.95. The Morgan fingerprint density at radius 1 is 1.80 bits per heavy atom. The topological polar surface area (TPSA) is 58.7 Å². The van der Waals surface area contributed by atoms with E-state index in [1.807, 2.05) is 0 Å². The molecule has 4 nitrogen and oxygen atoms in total. The molecule has 1 unspecified atom stereocenters. The van der Waals surface area contributed by atoms with E-state index < -0.39 is 6.04 Å². The number of carbonyl (C=O) groups is 1. The summed E-state index contributed by atoms with van der Waals surface area (Å²) >= 11 is 0. The Morgan fingerprint density at radius 3 is 3.20 bits per heavy atom. The van der Waals surface area contributed by atoms with Gasteiger partial charge >= 0.3 is 0 Å². The average molecular weight is 139 g/mol. The van der Waals surface area contributed by atoms with E-state index in [2.05, 4.69) is 4.99 Å². The monoisotopic (exact) mass is 139 g/mol. The van der Waals surface area contributed by atoms with Crippen LogP contribution in [0.25, 0.3) is 0 Å². The lowest BCUT2D eigenvalue weighted by molar-refractivity contribution is -0.127. The van der Waals surface area contributed by atoms with Crippen LogP contribution in [0.4, 0.5) is 0 Å². The molecule has 2 N–H and O–H groups in total. The highest BCUT2D eigenvalue weighted by molar-refractivity contribution is 5.98. The Bertz CT molecular complexity index is 177. The lowest BCUT2D eigenvalue weighted by Gasteiger charge is -2.11. The molecule has 1 heterocycles. The van der Waals surface area contributed by atoms with Crippen LogP contribution in [-0.4, -0.2) is 30.1 Å². The SMILES string of the molecule is CN1C=CN=CC(N)C1=O. The molecule has 0 saturated carbocycles. The Balaban J connectivity index is 2.79. The zero-order valence-electron chi connectivity index (χ0n) is 5.69. The van der Waals surface area contributed by atoms with Crippen molar-refractivity contribution in [1.82, 2.24) is 4.90 Å².